The number of benzene rings is 1. The van der Waals surface area contributed by atoms with Gasteiger partial charge in [0.05, 0.1) is 0 Å². The first-order chi connectivity index (χ1) is 9.29. The number of amides is 1. The summed E-state index contributed by atoms with van der Waals surface area (Å²) in [5.41, 5.74) is 0.984. The molecule has 0 spiro atoms. The summed E-state index contributed by atoms with van der Waals surface area (Å²) in [5.74, 6) is 0. The van der Waals surface area contributed by atoms with Crippen molar-refractivity contribution in [2.45, 2.75) is 19.1 Å². The van der Waals surface area contributed by atoms with Gasteiger partial charge in [-0.05, 0) is 12.0 Å². The Labute approximate surface area is 113 Å². The molecule has 0 radical (unpaired) electrons. The topological polar surface area (TPSA) is 61.8 Å². The van der Waals surface area contributed by atoms with E-state index in [1.807, 2.05) is 30.3 Å². The van der Waals surface area contributed by atoms with Crippen molar-refractivity contribution in [3.8, 4) is 0 Å². The predicted molar refractivity (Wildman–Crippen MR) is 71.7 cm³/mol. The van der Waals surface area contributed by atoms with Crippen LogP contribution in [-0.4, -0.2) is 48.4 Å². The number of nitrogens with one attached hydrogen (secondary N) is 1. The minimum absolute atomic E-state index is 0.130. The fourth-order valence-corrected chi connectivity index (χ4v) is 2.15. The summed E-state index contributed by atoms with van der Waals surface area (Å²) in [6.07, 6.45) is 0.371. The summed E-state index contributed by atoms with van der Waals surface area (Å²) in [6, 6.07) is 9.79. The zero-order valence-electron chi connectivity index (χ0n) is 10.9. The monoisotopic (exact) mass is 264 g/mol. The first kappa shape index (κ1) is 13.8. The van der Waals surface area contributed by atoms with Crippen molar-refractivity contribution < 1.29 is 14.6 Å². The fourth-order valence-electron chi connectivity index (χ4n) is 2.15. The van der Waals surface area contributed by atoms with Crippen LogP contribution in [0.15, 0.2) is 30.3 Å². The number of piperazine rings is 1. The van der Waals surface area contributed by atoms with Gasteiger partial charge in [-0.15, -0.1) is 0 Å². The Kier molecular flexibility index (Phi) is 5.18. The van der Waals surface area contributed by atoms with E-state index in [9.17, 15) is 4.79 Å². The van der Waals surface area contributed by atoms with Gasteiger partial charge in [0.2, 0.25) is 0 Å². The highest BCUT2D eigenvalue weighted by molar-refractivity contribution is 5.67. The molecule has 0 bridgehead atoms. The van der Waals surface area contributed by atoms with Gasteiger partial charge in [0.1, 0.15) is 6.61 Å². The second kappa shape index (κ2) is 7.11. The molecule has 1 aromatic carbocycles. The van der Waals surface area contributed by atoms with Crippen molar-refractivity contribution in [1.29, 1.82) is 0 Å². The van der Waals surface area contributed by atoms with E-state index >= 15 is 0 Å². The summed E-state index contributed by atoms with van der Waals surface area (Å²) in [6.45, 7) is 2.41. The maximum absolute atomic E-state index is 11.9. The van der Waals surface area contributed by atoms with E-state index in [0.717, 1.165) is 12.1 Å². The van der Waals surface area contributed by atoms with Gasteiger partial charge in [-0.1, -0.05) is 30.3 Å². The Hall–Kier alpha value is -1.59. The van der Waals surface area contributed by atoms with Crippen molar-refractivity contribution in [2.24, 2.45) is 0 Å². The molecule has 1 heterocycles. The molecule has 1 aromatic rings. The normalized spacial score (nSPS) is 19.2. The van der Waals surface area contributed by atoms with Crippen molar-refractivity contribution in [1.82, 2.24) is 10.2 Å². The Morgan fingerprint density at radius 2 is 2.21 bits per heavy atom. The van der Waals surface area contributed by atoms with Crippen LogP contribution in [-0.2, 0) is 11.3 Å². The molecule has 1 aliphatic rings. The molecule has 1 saturated heterocycles. The second-order valence-corrected chi connectivity index (χ2v) is 4.65. The van der Waals surface area contributed by atoms with Crippen LogP contribution in [0.25, 0.3) is 0 Å². The maximum Gasteiger partial charge on any atom is 0.410 e. The number of hydrogen-bond donors (Lipinski definition) is 2. The number of hydrogen-bond acceptors (Lipinski definition) is 4. The van der Waals surface area contributed by atoms with Gasteiger partial charge in [0.25, 0.3) is 0 Å². The second-order valence-electron chi connectivity index (χ2n) is 4.65. The van der Waals surface area contributed by atoms with Crippen LogP contribution >= 0.6 is 0 Å². The number of aliphatic hydroxyl groups is 1. The smallest absolute Gasteiger partial charge is 0.410 e. The summed E-state index contributed by atoms with van der Waals surface area (Å²) in [4.78, 5) is 13.6. The standard InChI is InChI=1S/C14H20N2O3/c17-9-6-13-10-16(8-7-15-13)14(18)19-11-12-4-2-1-3-5-12/h1-5,13,15,17H,6-11H2/t13-/m1/s1. The Balaban J connectivity index is 1.79. The van der Waals surface area contributed by atoms with Gasteiger partial charge >= 0.3 is 6.09 Å². The molecule has 19 heavy (non-hydrogen) atoms. The molecule has 2 N–H and O–H groups in total. The predicted octanol–water partition coefficient (Wildman–Crippen LogP) is 0.979. The van der Waals surface area contributed by atoms with E-state index in [-0.39, 0.29) is 18.7 Å². The van der Waals surface area contributed by atoms with Crippen LogP contribution in [0.2, 0.25) is 0 Å². The van der Waals surface area contributed by atoms with E-state index in [1.54, 1.807) is 4.90 Å². The molecule has 0 aliphatic carbocycles. The lowest BCUT2D eigenvalue weighted by atomic mass is 10.1. The summed E-state index contributed by atoms with van der Waals surface area (Å²) < 4.78 is 5.29. The van der Waals surface area contributed by atoms with Crippen LogP contribution < -0.4 is 5.32 Å². The van der Waals surface area contributed by atoms with Crippen LogP contribution in [0, 0.1) is 0 Å². The van der Waals surface area contributed by atoms with Crippen LogP contribution in [0.5, 0.6) is 0 Å². The lowest BCUT2D eigenvalue weighted by Crippen LogP contribution is -2.52. The van der Waals surface area contributed by atoms with E-state index in [0.29, 0.717) is 26.1 Å². The minimum Gasteiger partial charge on any atom is -0.445 e. The molecule has 1 aliphatic heterocycles. The van der Waals surface area contributed by atoms with E-state index in [1.165, 1.54) is 0 Å². The molecule has 2 rings (SSSR count). The van der Waals surface area contributed by atoms with Crippen LogP contribution in [0.3, 0.4) is 0 Å². The van der Waals surface area contributed by atoms with Crippen LogP contribution in [0.1, 0.15) is 12.0 Å². The third-order valence-electron chi connectivity index (χ3n) is 3.20. The number of carbonyl (C=O) groups excluding carboxylic acids is 1. The van der Waals surface area contributed by atoms with Crippen molar-refractivity contribution in [3.63, 3.8) is 0 Å². The van der Waals surface area contributed by atoms with Gasteiger partial charge in [-0.3, -0.25) is 0 Å². The Bertz CT molecular complexity index is 395. The molecule has 5 heteroatoms. The number of ether oxygens (including phenoxy) is 1. The van der Waals surface area contributed by atoms with E-state index < -0.39 is 0 Å². The maximum atomic E-state index is 11.9. The zero-order valence-corrected chi connectivity index (χ0v) is 10.9. The highest BCUT2D eigenvalue weighted by Crippen LogP contribution is 2.07. The zero-order chi connectivity index (χ0) is 13.5. The van der Waals surface area contributed by atoms with Gasteiger partial charge in [0, 0.05) is 32.3 Å². The fraction of sp³-hybridized carbons (Fsp3) is 0.500. The SMILES string of the molecule is O=C(OCc1ccccc1)N1CCN[C@H](CCO)C1. The first-order valence-corrected chi connectivity index (χ1v) is 6.59. The molecule has 0 saturated carbocycles. The van der Waals surface area contributed by atoms with E-state index in [4.69, 9.17) is 9.84 Å². The quantitative estimate of drug-likeness (QED) is 0.851. The van der Waals surface area contributed by atoms with Gasteiger partial charge in [-0.25, -0.2) is 4.79 Å². The first-order valence-electron chi connectivity index (χ1n) is 6.59. The summed E-state index contributed by atoms with van der Waals surface area (Å²) in [5, 5.41) is 12.2. The van der Waals surface area contributed by atoms with Gasteiger partial charge in [-0.2, -0.15) is 0 Å². The molecule has 0 aromatic heterocycles. The van der Waals surface area contributed by atoms with E-state index in [2.05, 4.69) is 5.32 Å². The van der Waals surface area contributed by atoms with Gasteiger partial charge < -0.3 is 20.1 Å². The van der Waals surface area contributed by atoms with Crippen molar-refractivity contribution in [3.05, 3.63) is 35.9 Å². The lowest BCUT2D eigenvalue weighted by Gasteiger charge is -2.32. The Morgan fingerprint density at radius 3 is 2.95 bits per heavy atom. The third kappa shape index (κ3) is 4.22. The van der Waals surface area contributed by atoms with Crippen LogP contribution in [0.4, 0.5) is 4.79 Å². The van der Waals surface area contributed by atoms with Crippen molar-refractivity contribution in [2.75, 3.05) is 26.2 Å². The minimum atomic E-state index is -0.284. The molecule has 1 amide bonds. The molecule has 5 nitrogen and oxygen atoms in total. The Morgan fingerprint density at radius 1 is 1.42 bits per heavy atom. The largest absolute Gasteiger partial charge is 0.445 e. The molecule has 1 fully saturated rings. The third-order valence-corrected chi connectivity index (χ3v) is 3.20. The number of rotatable bonds is 4. The average Bonchev–Trinajstić information content (AvgIpc) is 2.46. The molecule has 1 atom stereocenters. The highest BCUT2D eigenvalue weighted by atomic mass is 16.6. The molecule has 0 unspecified atom stereocenters. The highest BCUT2D eigenvalue weighted by Gasteiger charge is 2.23. The number of nitrogens with zero attached hydrogens (tertiary/aromatic N) is 1. The molecular weight excluding hydrogens is 244 g/mol. The summed E-state index contributed by atoms with van der Waals surface area (Å²) >= 11 is 0. The molecular formula is C14H20N2O3. The lowest BCUT2D eigenvalue weighted by molar-refractivity contribution is 0.0822. The van der Waals surface area contributed by atoms with Crippen molar-refractivity contribution >= 4 is 6.09 Å². The number of carbonyl (C=O) groups is 1. The van der Waals surface area contributed by atoms with Gasteiger partial charge in [0.15, 0.2) is 0 Å². The number of aliphatic hydroxyl groups excluding tert-OH is 1. The summed E-state index contributed by atoms with van der Waals surface area (Å²) in [7, 11) is 0. The average molecular weight is 264 g/mol. The molecule has 104 valence electrons.